The molecule has 0 aliphatic rings. The molecular weight excluding hydrogens is 336 g/mol. The van der Waals surface area contributed by atoms with E-state index in [1.165, 1.54) is 0 Å². The molecule has 0 fully saturated rings. The van der Waals surface area contributed by atoms with Crippen LogP contribution in [-0.2, 0) is 0 Å². The largest absolute Gasteiger partial charge is 0.457 e. The number of nitrogens with zero attached hydrogens (tertiary/aromatic N) is 1. The Kier molecular flexibility index (Phi) is 4.62. The third kappa shape index (κ3) is 3.49. The maximum absolute atomic E-state index is 5.92. The highest BCUT2D eigenvalue weighted by atomic mass is 79.9. The summed E-state index contributed by atoms with van der Waals surface area (Å²) in [5.41, 5.74) is 7.51. The molecule has 2 aromatic carbocycles. The van der Waals surface area contributed by atoms with Gasteiger partial charge < -0.3 is 15.4 Å². The number of hydrogen-bond donors (Lipinski definition) is 1. The molecule has 0 radical (unpaired) electrons. The van der Waals surface area contributed by atoms with Gasteiger partial charge in [-0.1, -0.05) is 34.2 Å². The lowest BCUT2D eigenvalue weighted by molar-refractivity contribution is 0.481. The second-order valence-corrected chi connectivity index (χ2v) is 5.85. The molecule has 0 aromatic heterocycles. The van der Waals surface area contributed by atoms with Crippen LogP contribution in [0.15, 0.2) is 46.9 Å². The van der Waals surface area contributed by atoms with Gasteiger partial charge in [-0.2, -0.15) is 0 Å². The van der Waals surface area contributed by atoms with E-state index in [0.29, 0.717) is 10.7 Å². The van der Waals surface area contributed by atoms with Crippen LogP contribution in [0.4, 0.5) is 5.69 Å². The number of ether oxygens (including phenoxy) is 1. The number of anilines is 1. The molecule has 5 heteroatoms. The van der Waals surface area contributed by atoms with Crippen molar-refractivity contribution in [2.75, 3.05) is 19.0 Å². The van der Waals surface area contributed by atoms with E-state index >= 15 is 0 Å². The zero-order valence-electron chi connectivity index (χ0n) is 11.3. The Morgan fingerprint density at radius 2 is 1.95 bits per heavy atom. The van der Waals surface area contributed by atoms with Crippen LogP contribution in [0, 0.1) is 0 Å². The van der Waals surface area contributed by atoms with Crippen LogP contribution >= 0.6 is 28.1 Å². The van der Waals surface area contributed by atoms with Crippen molar-refractivity contribution < 1.29 is 4.74 Å². The molecule has 0 atom stereocenters. The van der Waals surface area contributed by atoms with Gasteiger partial charge in [-0.05, 0) is 30.3 Å². The molecule has 0 saturated heterocycles. The summed E-state index contributed by atoms with van der Waals surface area (Å²) in [6, 6.07) is 13.4. The third-order valence-corrected chi connectivity index (χ3v) is 3.48. The Hall–Kier alpha value is -1.59. The molecule has 0 bridgehead atoms. The van der Waals surface area contributed by atoms with Crippen molar-refractivity contribution in [3.05, 3.63) is 52.5 Å². The molecule has 2 aromatic rings. The first kappa shape index (κ1) is 14.8. The molecule has 104 valence electrons. The monoisotopic (exact) mass is 350 g/mol. The summed E-state index contributed by atoms with van der Waals surface area (Å²) < 4.78 is 6.83. The summed E-state index contributed by atoms with van der Waals surface area (Å²) in [5.74, 6) is 1.38. The molecule has 0 aliphatic carbocycles. The lowest BCUT2D eigenvalue weighted by Gasteiger charge is -2.15. The van der Waals surface area contributed by atoms with Gasteiger partial charge in [-0.3, -0.25) is 0 Å². The highest BCUT2D eigenvalue weighted by molar-refractivity contribution is 9.10. The molecule has 0 aliphatic heterocycles. The third-order valence-electron chi connectivity index (χ3n) is 2.77. The summed E-state index contributed by atoms with van der Waals surface area (Å²) in [7, 11) is 3.97. The van der Waals surface area contributed by atoms with Crippen LogP contribution in [-0.4, -0.2) is 19.1 Å². The molecule has 0 saturated carbocycles. The molecule has 0 spiro atoms. The number of rotatable bonds is 4. The molecule has 0 heterocycles. The second kappa shape index (κ2) is 6.24. The quantitative estimate of drug-likeness (QED) is 0.847. The Bertz CT molecular complexity index is 644. The normalized spacial score (nSPS) is 10.2. The topological polar surface area (TPSA) is 38.5 Å². The van der Waals surface area contributed by atoms with Gasteiger partial charge >= 0.3 is 0 Å². The van der Waals surface area contributed by atoms with E-state index in [1.807, 2.05) is 61.5 Å². The van der Waals surface area contributed by atoms with Crippen LogP contribution < -0.4 is 15.4 Å². The molecule has 20 heavy (non-hydrogen) atoms. The van der Waals surface area contributed by atoms with Gasteiger partial charge in [0, 0.05) is 30.3 Å². The van der Waals surface area contributed by atoms with Crippen molar-refractivity contribution in [3.63, 3.8) is 0 Å². The summed E-state index contributed by atoms with van der Waals surface area (Å²) in [4.78, 5) is 2.33. The van der Waals surface area contributed by atoms with Crippen molar-refractivity contribution in [3.8, 4) is 11.5 Å². The molecule has 2 N–H and O–H groups in total. The summed E-state index contributed by atoms with van der Waals surface area (Å²) in [5, 5.41) is 0. The Labute approximate surface area is 132 Å². The summed E-state index contributed by atoms with van der Waals surface area (Å²) in [6.07, 6.45) is 0. The van der Waals surface area contributed by atoms with Crippen LogP contribution in [0.5, 0.6) is 11.5 Å². The molecule has 0 unspecified atom stereocenters. The fraction of sp³-hybridized carbons (Fsp3) is 0.133. The highest BCUT2D eigenvalue weighted by Crippen LogP contribution is 2.30. The molecular formula is C15H15BrN2OS. The van der Waals surface area contributed by atoms with Crippen LogP contribution in [0.25, 0.3) is 0 Å². The Morgan fingerprint density at radius 3 is 2.60 bits per heavy atom. The van der Waals surface area contributed by atoms with Gasteiger partial charge in [0.15, 0.2) is 0 Å². The highest BCUT2D eigenvalue weighted by Gasteiger charge is 2.09. The van der Waals surface area contributed by atoms with Gasteiger partial charge in [-0.25, -0.2) is 0 Å². The summed E-state index contributed by atoms with van der Waals surface area (Å²) >= 11 is 8.47. The maximum atomic E-state index is 5.92. The maximum Gasteiger partial charge on any atom is 0.138 e. The first-order valence-electron chi connectivity index (χ1n) is 6.02. The first-order chi connectivity index (χ1) is 9.47. The molecule has 0 amide bonds. The van der Waals surface area contributed by atoms with E-state index in [9.17, 15) is 0 Å². The van der Waals surface area contributed by atoms with E-state index in [-0.39, 0.29) is 0 Å². The minimum Gasteiger partial charge on any atom is -0.457 e. The van der Waals surface area contributed by atoms with Gasteiger partial charge in [0.2, 0.25) is 0 Å². The standard InChI is InChI=1S/C15H15BrN2OS/c1-18(2)11-4-3-5-12(9-11)19-14-8-10(16)6-7-13(14)15(17)20/h3-9H,1-2H3,(H2,17,20). The van der Waals surface area contributed by atoms with Crippen molar-refractivity contribution >= 4 is 38.8 Å². The predicted molar refractivity (Wildman–Crippen MR) is 90.9 cm³/mol. The SMILES string of the molecule is CN(C)c1cccc(Oc2cc(Br)ccc2C(N)=S)c1. The van der Waals surface area contributed by atoms with Gasteiger partial charge in [0.05, 0.1) is 5.56 Å². The number of hydrogen-bond acceptors (Lipinski definition) is 3. The summed E-state index contributed by atoms with van der Waals surface area (Å²) in [6.45, 7) is 0. The lowest BCUT2D eigenvalue weighted by Crippen LogP contribution is -2.11. The fourth-order valence-electron chi connectivity index (χ4n) is 1.74. The van der Waals surface area contributed by atoms with E-state index in [4.69, 9.17) is 22.7 Å². The number of nitrogens with two attached hydrogens (primary N) is 1. The second-order valence-electron chi connectivity index (χ2n) is 4.50. The van der Waals surface area contributed by atoms with Crippen molar-refractivity contribution in [1.82, 2.24) is 0 Å². The van der Waals surface area contributed by atoms with Crippen molar-refractivity contribution in [1.29, 1.82) is 0 Å². The Balaban J connectivity index is 2.36. The van der Waals surface area contributed by atoms with E-state index in [1.54, 1.807) is 0 Å². The van der Waals surface area contributed by atoms with Crippen LogP contribution in [0.3, 0.4) is 0 Å². The first-order valence-corrected chi connectivity index (χ1v) is 7.22. The smallest absolute Gasteiger partial charge is 0.138 e. The van der Waals surface area contributed by atoms with Crippen LogP contribution in [0.2, 0.25) is 0 Å². The predicted octanol–water partition coefficient (Wildman–Crippen LogP) is 3.94. The van der Waals surface area contributed by atoms with Gasteiger partial charge in [-0.15, -0.1) is 0 Å². The number of benzene rings is 2. The van der Waals surface area contributed by atoms with Crippen molar-refractivity contribution in [2.45, 2.75) is 0 Å². The number of thiocarbonyl (C=S) groups is 1. The average Bonchev–Trinajstić information content (AvgIpc) is 2.38. The zero-order chi connectivity index (χ0) is 14.7. The van der Waals surface area contributed by atoms with Crippen molar-refractivity contribution in [2.24, 2.45) is 5.73 Å². The van der Waals surface area contributed by atoms with Crippen LogP contribution in [0.1, 0.15) is 5.56 Å². The van der Waals surface area contributed by atoms with E-state index in [2.05, 4.69) is 15.9 Å². The average molecular weight is 351 g/mol. The fourth-order valence-corrected chi connectivity index (χ4v) is 2.25. The number of halogens is 1. The lowest BCUT2D eigenvalue weighted by atomic mass is 10.2. The molecule has 3 nitrogen and oxygen atoms in total. The minimum atomic E-state index is 0.316. The van der Waals surface area contributed by atoms with Gasteiger partial charge in [0.25, 0.3) is 0 Å². The molecule has 2 rings (SSSR count). The van der Waals surface area contributed by atoms with Gasteiger partial charge in [0.1, 0.15) is 16.5 Å². The Morgan fingerprint density at radius 1 is 1.20 bits per heavy atom. The minimum absolute atomic E-state index is 0.316. The zero-order valence-corrected chi connectivity index (χ0v) is 13.7. The van der Waals surface area contributed by atoms with E-state index < -0.39 is 0 Å². The van der Waals surface area contributed by atoms with E-state index in [0.717, 1.165) is 21.5 Å².